The van der Waals surface area contributed by atoms with E-state index in [0.29, 0.717) is 36.8 Å². The molecule has 3 aromatic heterocycles. The lowest BCUT2D eigenvalue weighted by molar-refractivity contribution is -0.134. The lowest BCUT2D eigenvalue weighted by Gasteiger charge is -2.36. The molecule has 1 N–H and O–H groups in total. The Morgan fingerprint density at radius 3 is 2.86 bits per heavy atom. The van der Waals surface area contributed by atoms with Crippen molar-refractivity contribution in [3.8, 4) is 11.5 Å². The Morgan fingerprint density at radius 2 is 2.10 bits per heavy atom. The summed E-state index contributed by atoms with van der Waals surface area (Å²) in [5, 5.41) is 7.29. The molecule has 1 amide bonds. The number of piperazine rings is 1. The largest absolute Gasteiger partial charge is 0.339 e. The molecule has 3 aromatic rings. The number of hydrogen-bond acceptors (Lipinski definition) is 7. The van der Waals surface area contributed by atoms with Gasteiger partial charge < -0.3 is 14.7 Å². The molecule has 1 aliphatic rings. The summed E-state index contributed by atoms with van der Waals surface area (Å²) in [7, 11) is 0. The van der Waals surface area contributed by atoms with Crippen LogP contribution in [-0.2, 0) is 11.2 Å². The number of nitrogens with one attached hydrogen (secondary N) is 1. The molecule has 0 spiro atoms. The van der Waals surface area contributed by atoms with Crippen molar-refractivity contribution in [2.24, 2.45) is 0 Å². The van der Waals surface area contributed by atoms with Gasteiger partial charge in [-0.2, -0.15) is 4.98 Å². The van der Waals surface area contributed by atoms with Crippen molar-refractivity contribution in [2.75, 3.05) is 19.6 Å². The highest BCUT2D eigenvalue weighted by atomic mass is 35.5. The zero-order chi connectivity index (χ0) is 18.5. The van der Waals surface area contributed by atoms with Crippen LogP contribution in [0.4, 0.5) is 0 Å². The normalized spacial score (nSPS) is 15.9. The highest BCUT2D eigenvalue weighted by Crippen LogP contribution is 2.22. The maximum absolute atomic E-state index is 12.8. The van der Waals surface area contributed by atoms with E-state index in [9.17, 15) is 4.79 Å². The van der Waals surface area contributed by atoms with E-state index < -0.39 is 0 Å². The van der Waals surface area contributed by atoms with Crippen LogP contribution in [0.15, 0.2) is 53.4 Å². The Kier molecular flexibility index (Phi) is 8.50. The van der Waals surface area contributed by atoms with Crippen LogP contribution in [-0.4, -0.2) is 50.5 Å². The van der Waals surface area contributed by atoms with E-state index in [-0.39, 0.29) is 36.8 Å². The summed E-state index contributed by atoms with van der Waals surface area (Å²) in [4.78, 5) is 27.4. The Labute approximate surface area is 180 Å². The van der Waals surface area contributed by atoms with Crippen LogP contribution in [0.5, 0.6) is 0 Å². The number of amides is 1. The van der Waals surface area contributed by atoms with Crippen LogP contribution in [0.25, 0.3) is 11.5 Å². The minimum absolute atomic E-state index is 0. The number of aryl methyl sites for hydroxylation is 1. The summed E-state index contributed by atoms with van der Waals surface area (Å²) in [6.07, 6.45) is 5.95. The van der Waals surface area contributed by atoms with Gasteiger partial charge in [0.1, 0.15) is 5.69 Å². The third-order valence-electron chi connectivity index (χ3n) is 4.55. The monoisotopic (exact) mass is 436 g/mol. The van der Waals surface area contributed by atoms with E-state index in [4.69, 9.17) is 4.52 Å². The summed E-state index contributed by atoms with van der Waals surface area (Å²) in [5.74, 6) is 0.952. The van der Waals surface area contributed by atoms with Gasteiger partial charge in [0, 0.05) is 51.1 Å². The van der Waals surface area contributed by atoms with Gasteiger partial charge in [-0.1, -0.05) is 17.3 Å². The SMILES string of the molecule is Cl.Cl.O=C(CCc1nc(-c2ccccn2)no1)N1CCNCC1c1cccnc1. The van der Waals surface area contributed by atoms with Crippen molar-refractivity contribution in [1.82, 2.24) is 30.3 Å². The van der Waals surface area contributed by atoms with Gasteiger partial charge in [-0.15, -0.1) is 24.8 Å². The number of aromatic nitrogens is 4. The summed E-state index contributed by atoms with van der Waals surface area (Å²) < 4.78 is 5.27. The third-order valence-corrected chi connectivity index (χ3v) is 4.55. The van der Waals surface area contributed by atoms with Crippen LogP contribution >= 0.6 is 24.8 Å². The number of nitrogens with zero attached hydrogens (tertiary/aromatic N) is 5. The average molecular weight is 437 g/mol. The van der Waals surface area contributed by atoms with Crippen LogP contribution in [0.3, 0.4) is 0 Å². The Morgan fingerprint density at radius 1 is 1.21 bits per heavy atom. The topological polar surface area (TPSA) is 97.0 Å². The summed E-state index contributed by atoms with van der Waals surface area (Å²) in [6, 6.07) is 9.40. The highest BCUT2D eigenvalue weighted by Gasteiger charge is 2.28. The highest BCUT2D eigenvalue weighted by molar-refractivity contribution is 5.85. The maximum Gasteiger partial charge on any atom is 0.227 e. The van der Waals surface area contributed by atoms with Gasteiger partial charge in [0.05, 0.1) is 6.04 Å². The molecule has 1 unspecified atom stereocenters. The molecule has 1 atom stereocenters. The smallest absolute Gasteiger partial charge is 0.227 e. The summed E-state index contributed by atoms with van der Waals surface area (Å²) >= 11 is 0. The molecule has 8 nitrogen and oxygen atoms in total. The van der Waals surface area contributed by atoms with E-state index in [1.165, 1.54) is 0 Å². The number of hydrogen-bond donors (Lipinski definition) is 1. The van der Waals surface area contributed by atoms with Crippen molar-refractivity contribution >= 4 is 30.7 Å². The summed E-state index contributed by atoms with van der Waals surface area (Å²) in [6.45, 7) is 2.18. The predicted octanol–water partition coefficient (Wildman–Crippen LogP) is 2.48. The first-order valence-corrected chi connectivity index (χ1v) is 8.95. The van der Waals surface area contributed by atoms with Gasteiger partial charge in [0.15, 0.2) is 0 Å². The average Bonchev–Trinajstić information content (AvgIpc) is 3.22. The fraction of sp³-hybridized carbons (Fsp3) is 0.316. The van der Waals surface area contributed by atoms with Crippen molar-refractivity contribution < 1.29 is 9.32 Å². The molecule has 4 heterocycles. The molecule has 10 heteroatoms. The van der Waals surface area contributed by atoms with Gasteiger partial charge in [0.25, 0.3) is 0 Å². The van der Waals surface area contributed by atoms with Crippen LogP contribution < -0.4 is 5.32 Å². The summed E-state index contributed by atoms with van der Waals surface area (Å²) in [5.41, 5.74) is 1.69. The predicted molar refractivity (Wildman–Crippen MR) is 112 cm³/mol. The second-order valence-electron chi connectivity index (χ2n) is 6.32. The van der Waals surface area contributed by atoms with Gasteiger partial charge in [-0.25, -0.2) is 0 Å². The first kappa shape index (κ1) is 22.7. The van der Waals surface area contributed by atoms with Crippen LogP contribution in [0, 0.1) is 0 Å². The Bertz CT molecular complexity index is 894. The van der Waals surface area contributed by atoms with E-state index in [1.54, 1.807) is 12.4 Å². The van der Waals surface area contributed by atoms with E-state index in [0.717, 1.165) is 18.7 Å². The zero-order valence-corrected chi connectivity index (χ0v) is 17.2. The second kappa shape index (κ2) is 10.8. The van der Waals surface area contributed by atoms with Crippen molar-refractivity contribution in [2.45, 2.75) is 18.9 Å². The van der Waals surface area contributed by atoms with Crippen LogP contribution in [0.2, 0.25) is 0 Å². The maximum atomic E-state index is 12.8. The molecule has 0 saturated carbocycles. The van der Waals surface area contributed by atoms with Gasteiger partial charge in [0.2, 0.25) is 17.6 Å². The molecule has 4 rings (SSSR count). The first-order chi connectivity index (χ1) is 13.3. The lowest BCUT2D eigenvalue weighted by atomic mass is 10.0. The second-order valence-corrected chi connectivity index (χ2v) is 6.32. The minimum atomic E-state index is -0.00767. The molecule has 154 valence electrons. The number of halogens is 2. The van der Waals surface area contributed by atoms with Gasteiger partial charge >= 0.3 is 0 Å². The zero-order valence-electron chi connectivity index (χ0n) is 15.6. The number of rotatable bonds is 5. The molecular formula is C19H22Cl2N6O2. The minimum Gasteiger partial charge on any atom is -0.339 e. The van der Waals surface area contributed by atoms with E-state index >= 15 is 0 Å². The van der Waals surface area contributed by atoms with Crippen molar-refractivity contribution in [3.05, 3.63) is 60.4 Å². The van der Waals surface area contributed by atoms with Crippen molar-refractivity contribution in [1.29, 1.82) is 0 Å². The fourth-order valence-electron chi connectivity index (χ4n) is 3.19. The fourth-order valence-corrected chi connectivity index (χ4v) is 3.19. The quantitative estimate of drug-likeness (QED) is 0.655. The molecule has 29 heavy (non-hydrogen) atoms. The molecule has 0 aromatic carbocycles. The van der Waals surface area contributed by atoms with E-state index in [2.05, 4.69) is 25.4 Å². The van der Waals surface area contributed by atoms with Gasteiger partial charge in [-0.3, -0.25) is 14.8 Å². The molecule has 0 aliphatic carbocycles. The molecular weight excluding hydrogens is 415 g/mol. The molecule has 1 aliphatic heterocycles. The third kappa shape index (κ3) is 5.50. The standard InChI is InChI=1S/C19H20N6O2.2ClH/c26-18(25-11-10-21-13-16(25)14-4-3-8-20-12-14)7-6-17-23-19(24-27-17)15-5-1-2-9-22-15;;/h1-5,8-9,12,16,21H,6-7,10-11,13H2;2*1H. The van der Waals surface area contributed by atoms with Crippen molar-refractivity contribution in [3.63, 3.8) is 0 Å². The van der Waals surface area contributed by atoms with Gasteiger partial charge in [-0.05, 0) is 23.8 Å². The Balaban J connectivity index is 0.00000150. The molecule has 0 radical (unpaired) electrons. The molecule has 1 saturated heterocycles. The number of carbonyl (C=O) groups excluding carboxylic acids is 1. The number of carbonyl (C=O) groups is 1. The lowest BCUT2D eigenvalue weighted by Crippen LogP contribution is -2.48. The van der Waals surface area contributed by atoms with E-state index in [1.807, 2.05) is 41.4 Å². The number of pyridine rings is 2. The molecule has 0 bridgehead atoms. The Hall–Kier alpha value is -2.55. The first-order valence-electron chi connectivity index (χ1n) is 8.95. The molecule has 1 fully saturated rings. The van der Waals surface area contributed by atoms with Crippen LogP contribution in [0.1, 0.15) is 23.9 Å².